The molecule has 3 rings (SSSR count). The molecule has 18 heavy (non-hydrogen) atoms. The fourth-order valence-corrected chi connectivity index (χ4v) is 2.84. The Morgan fingerprint density at radius 3 is 2.72 bits per heavy atom. The van der Waals surface area contributed by atoms with Gasteiger partial charge < -0.3 is 5.32 Å². The van der Waals surface area contributed by atoms with E-state index in [2.05, 4.69) is 25.7 Å². The quantitative estimate of drug-likeness (QED) is 0.655. The summed E-state index contributed by atoms with van der Waals surface area (Å²) >= 11 is 0. The Balaban J connectivity index is 1.83. The van der Waals surface area contributed by atoms with E-state index in [-0.39, 0.29) is 0 Å². The minimum atomic E-state index is -0.494. The van der Waals surface area contributed by atoms with Gasteiger partial charge in [-0.25, -0.2) is 9.97 Å². The van der Waals surface area contributed by atoms with Crippen LogP contribution in [-0.4, -0.2) is 15.5 Å². The zero-order valence-electron chi connectivity index (χ0n) is 9.56. The summed E-state index contributed by atoms with van der Waals surface area (Å²) in [5, 5.41) is 6.27. The molecule has 1 N–H and O–H groups in total. The van der Waals surface area contributed by atoms with Crippen molar-refractivity contribution in [1.82, 2.24) is 9.97 Å². The van der Waals surface area contributed by atoms with E-state index in [9.17, 15) is 0 Å². The standard InChI is InChI=1S/C13H12N4S/c1-2-4-11(5-3-1)16-13-15-7-6-12(17-13)18-9-8-14-10-18/h1-10,18H,(H,15,16,17). The number of rotatable bonds is 3. The maximum atomic E-state index is 4.51. The van der Waals surface area contributed by atoms with Gasteiger partial charge in [0, 0.05) is 23.6 Å². The van der Waals surface area contributed by atoms with E-state index in [1.54, 1.807) is 6.20 Å². The van der Waals surface area contributed by atoms with Crippen molar-refractivity contribution in [2.75, 3.05) is 5.32 Å². The second kappa shape index (κ2) is 5.01. The van der Waals surface area contributed by atoms with Crippen LogP contribution in [0.25, 0.3) is 0 Å². The van der Waals surface area contributed by atoms with Gasteiger partial charge in [0.2, 0.25) is 5.95 Å². The molecule has 0 spiro atoms. The van der Waals surface area contributed by atoms with E-state index < -0.39 is 10.9 Å². The number of anilines is 2. The Labute approximate surface area is 108 Å². The van der Waals surface area contributed by atoms with Gasteiger partial charge in [-0.15, -0.1) is 0 Å². The Kier molecular flexibility index (Phi) is 3.06. The summed E-state index contributed by atoms with van der Waals surface area (Å²) in [6, 6.07) is 11.8. The highest BCUT2D eigenvalue weighted by atomic mass is 32.2. The van der Waals surface area contributed by atoms with Crippen LogP contribution in [0, 0.1) is 0 Å². The molecule has 0 radical (unpaired) electrons. The molecular weight excluding hydrogens is 244 g/mol. The van der Waals surface area contributed by atoms with E-state index in [0.29, 0.717) is 5.95 Å². The molecule has 1 aromatic heterocycles. The van der Waals surface area contributed by atoms with Crippen molar-refractivity contribution in [3.63, 3.8) is 0 Å². The lowest BCUT2D eigenvalue weighted by molar-refractivity contribution is 1.06. The number of nitrogens with zero attached hydrogens (tertiary/aromatic N) is 3. The van der Waals surface area contributed by atoms with E-state index in [1.807, 2.05) is 48.1 Å². The predicted octanol–water partition coefficient (Wildman–Crippen LogP) is 3.09. The minimum Gasteiger partial charge on any atom is -0.324 e. The second-order valence-electron chi connectivity index (χ2n) is 3.70. The second-order valence-corrected chi connectivity index (χ2v) is 5.50. The van der Waals surface area contributed by atoms with Gasteiger partial charge in [0.15, 0.2) is 0 Å². The number of hydrogen-bond donors (Lipinski definition) is 2. The molecule has 1 aliphatic rings. The van der Waals surface area contributed by atoms with Crippen LogP contribution < -0.4 is 5.32 Å². The Hall–Kier alpha value is -2.14. The van der Waals surface area contributed by atoms with Gasteiger partial charge in [-0.2, -0.15) is 10.9 Å². The molecule has 4 nitrogen and oxygen atoms in total. The van der Waals surface area contributed by atoms with Crippen LogP contribution in [0.15, 0.2) is 64.2 Å². The van der Waals surface area contributed by atoms with Crippen LogP contribution in [0.4, 0.5) is 11.6 Å². The zero-order valence-corrected chi connectivity index (χ0v) is 10.5. The third-order valence-corrected chi connectivity index (χ3v) is 4.05. The van der Waals surface area contributed by atoms with Crippen LogP contribution in [0.3, 0.4) is 0 Å². The first-order valence-corrected chi connectivity index (χ1v) is 7.03. The summed E-state index contributed by atoms with van der Waals surface area (Å²) in [5.41, 5.74) is 2.92. The molecule has 0 amide bonds. The van der Waals surface area contributed by atoms with E-state index in [1.165, 1.54) is 0 Å². The Morgan fingerprint density at radius 2 is 1.94 bits per heavy atom. The Bertz CT molecular complexity index is 583. The topological polar surface area (TPSA) is 50.2 Å². The van der Waals surface area contributed by atoms with Crippen molar-refractivity contribution in [2.45, 2.75) is 5.03 Å². The largest absolute Gasteiger partial charge is 0.324 e. The molecule has 1 aliphatic heterocycles. The predicted molar refractivity (Wildman–Crippen MR) is 76.6 cm³/mol. The molecule has 2 heterocycles. The minimum absolute atomic E-state index is 0.494. The average molecular weight is 256 g/mol. The zero-order chi connectivity index (χ0) is 12.2. The van der Waals surface area contributed by atoms with Gasteiger partial charge in [-0.1, -0.05) is 18.2 Å². The molecule has 1 atom stereocenters. The number of hydrogen-bond acceptors (Lipinski definition) is 4. The summed E-state index contributed by atoms with van der Waals surface area (Å²) in [4.78, 5) is 12.8. The highest BCUT2D eigenvalue weighted by Gasteiger charge is 2.07. The first-order valence-electron chi connectivity index (χ1n) is 5.55. The molecule has 0 bridgehead atoms. The van der Waals surface area contributed by atoms with E-state index in [0.717, 1.165) is 10.7 Å². The van der Waals surface area contributed by atoms with Crippen molar-refractivity contribution in [2.24, 2.45) is 4.99 Å². The monoisotopic (exact) mass is 256 g/mol. The first kappa shape index (κ1) is 11.0. The van der Waals surface area contributed by atoms with Crippen LogP contribution in [0.1, 0.15) is 0 Å². The highest BCUT2D eigenvalue weighted by molar-refractivity contribution is 8.31. The number of thiol groups is 1. The third-order valence-electron chi connectivity index (χ3n) is 2.44. The number of benzene rings is 1. The summed E-state index contributed by atoms with van der Waals surface area (Å²) in [6.45, 7) is 0. The Morgan fingerprint density at radius 1 is 1.06 bits per heavy atom. The molecule has 0 fully saturated rings. The van der Waals surface area contributed by atoms with Crippen LogP contribution >= 0.6 is 10.9 Å². The fraction of sp³-hybridized carbons (Fsp3) is 0. The van der Waals surface area contributed by atoms with E-state index in [4.69, 9.17) is 0 Å². The lowest BCUT2D eigenvalue weighted by Gasteiger charge is -2.10. The third kappa shape index (κ3) is 2.41. The van der Waals surface area contributed by atoms with Gasteiger partial charge in [0.25, 0.3) is 0 Å². The molecule has 0 saturated heterocycles. The molecular formula is C13H12N4S. The normalized spacial score (nSPS) is 19.0. The number of nitrogens with one attached hydrogen (secondary N) is 1. The van der Waals surface area contributed by atoms with Crippen LogP contribution in [-0.2, 0) is 0 Å². The smallest absolute Gasteiger partial charge is 0.228 e. The summed E-state index contributed by atoms with van der Waals surface area (Å²) < 4.78 is 0. The summed E-state index contributed by atoms with van der Waals surface area (Å²) in [5.74, 6) is 0.620. The SMILES string of the molecule is C1=C[SH](c2ccnc(Nc3ccccc3)n2)C=N1. The first-order chi connectivity index (χ1) is 8.92. The average Bonchev–Trinajstić information content (AvgIpc) is 2.94. The van der Waals surface area contributed by atoms with Gasteiger partial charge in [-0.3, -0.25) is 4.99 Å². The van der Waals surface area contributed by atoms with E-state index >= 15 is 0 Å². The molecule has 1 aromatic carbocycles. The molecule has 5 heteroatoms. The molecule has 1 unspecified atom stereocenters. The van der Waals surface area contributed by atoms with Crippen molar-refractivity contribution in [1.29, 1.82) is 0 Å². The van der Waals surface area contributed by atoms with Gasteiger partial charge in [0.05, 0.1) is 5.03 Å². The fourth-order valence-electron chi connectivity index (χ4n) is 1.60. The van der Waals surface area contributed by atoms with Crippen molar-refractivity contribution in [3.8, 4) is 0 Å². The molecule has 0 saturated carbocycles. The number of aliphatic imine (C=N–C) groups is 1. The lowest BCUT2D eigenvalue weighted by Crippen LogP contribution is -1.98. The van der Waals surface area contributed by atoms with Crippen molar-refractivity contribution >= 4 is 28.1 Å². The summed E-state index contributed by atoms with van der Waals surface area (Å²) in [6.07, 6.45) is 3.59. The maximum absolute atomic E-state index is 4.51. The maximum Gasteiger partial charge on any atom is 0.228 e. The van der Waals surface area contributed by atoms with Gasteiger partial charge in [-0.05, 0) is 23.6 Å². The van der Waals surface area contributed by atoms with Gasteiger partial charge in [0.1, 0.15) is 0 Å². The highest BCUT2D eigenvalue weighted by Crippen LogP contribution is 2.36. The molecule has 2 aromatic rings. The van der Waals surface area contributed by atoms with Crippen LogP contribution in [0.2, 0.25) is 0 Å². The van der Waals surface area contributed by atoms with Gasteiger partial charge >= 0.3 is 0 Å². The molecule has 90 valence electrons. The van der Waals surface area contributed by atoms with Crippen molar-refractivity contribution < 1.29 is 0 Å². The van der Waals surface area contributed by atoms with Crippen LogP contribution in [0.5, 0.6) is 0 Å². The number of para-hydroxylation sites is 1. The lowest BCUT2D eigenvalue weighted by atomic mass is 10.3. The number of aromatic nitrogens is 2. The van der Waals surface area contributed by atoms with Crippen molar-refractivity contribution in [3.05, 3.63) is 54.2 Å². The summed E-state index contributed by atoms with van der Waals surface area (Å²) in [7, 11) is -0.494. The molecule has 0 aliphatic carbocycles.